The van der Waals surface area contributed by atoms with Crippen molar-refractivity contribution in [1.82, 2.24) is 0 Å². The van der Waals surface area contributed by atoms with Gasteiger partial charge in [-0.3, -0.25) is 0 Å². The van der Waals surface area contributed by atoms with Gasteiger partial charge in [0.15, 0.2) is 11.5 Å². The van der Waals surface area contributed by atoms with E-state index < -0.39 is 6.16 Å². The second kappa shape index (κ2) is 4.36. The molecule has 0 unspecified atom stereocenters. The molecule has 0 aliphatic heterocycles. The maximum absolute atomic E-state index is 10.4. The van der Waals surface area contributed by atoms with Crippen molar-refractivity contribution in [1.29, 1.82) is 0 Å². The molecule has 5 heteroatoms. The minimum atomic E-state index is -1.41. The Hall–Kier alpha value is -1.91. The van der Waals surface area contributed by atoms with Crippen LogP contribution >= 0.6 is 0 Å². The molecule has 0 aliphatic rings. The Morgan fingerprint density at radius 3 is 2.07 bits per heavy atom. The normalized spacial score (nSPS) is 9.29. The average Bonchev–Trinajstić information content (AvgIpc) is 2.17. The molecule has 0 saturated carbocycles. The SMILES string of the molecule is COc1cccc(OC)c1OC(=O)O. The van der Waals surface area contributed by atoms with Crippen LogP contribution in [0, 0.1) is 0 Å². The maximum atomic E-state index is 10.4. The molecule has 76 valence electrons. The summed E-state index contributed by atoms with van der Waals surface area (Å²) in [4.78, 5) is 10.4. The molecule has 1 rings (SSSR count). The first-order valence-electron chi connectivity index (χ1n) is 3.80. The van der Waals surface area contributed by atoms with Crippen molar-refractivity contribution in [2.45, 2.75) is 0 Å². The lowest BCUT2D eigenvalue weighted by Crippen LogP contribution is -2.05. The van der Waals surface area contributed by atoms with Gasteiger partial charge in [-0.1, -0.05) is 6.07 Å². The minimum absolute atomic E-state index is 0.0602. The van der Waals surface area contributed by atoms with Crippen molar-refractivity contribution in [2.75, 3.05) is 14.2 Å². The molecule has 0 aromatic heterocycles. The number of methoxy groups -OCH3 is 2. The van der Waals surface area contributed by atoms with Gasteiger partial charge in [0, 0.05) is 0 Å². The molecule has 0 spiro atoms. The summed E-state index contributed by atoms with van der Waals surface area (Å²) in [5, 5.41) is 8.47. The molecule has 1 N–H and O–H groups in total. The number of rotatable bonds is 3. The summed E-state index contributed by atoms with van der Waals surface area (Å²) in [7, 11) is 2.84. The van der Waals surface area contributed by atoms with Crippen LogP contribution in [-0.2, 0) is 0 Å². The summed E-state index contributed by atoms with van der Waals surface area (Å²) in [6.45, 7) is 0. The van der Waals surface area contributed by atoms with Gasteiger partial charge < -0.3 is 19.3 Å². The number of benzene rings is 1. The first-order chi connectivity index (χ1) is 6.69. The Bertz CT molecular complexity index is 312. The van der Waals surface area contributed by atoms with E-state index in [4.69, 9.17) is 14.6 Å². The van der Waals surface area contributed by atoms with Crippen LogP contribution in [-0.4, -0.2) is 25.5 Å². The minimum Gasteiger partial charge on any atom is -0.493 e. The van der Waals surface area contributed by atoms with Crippen LogP contribution in [0.25, 0.3) is 0 Å². The monoisotopic (exact) mass is 198 g/mol. The Morgan fingerprint density at radius 2 is 1.71 bits per heavy atom. The summed E-state index contributed by atoms with van der Waals surface area (Å²) < 4.78 is 14.4. The zero-order chi connectivity index (χ0) is 10.6. The van der Waals surface area contributed by atoms with Gasteiger partial charge in [0.2, 0.25) is 5.75 Å². The Kier molecular flexibility index (Phi) is 3.17. The third-order valence-electron chi connectivity index (χ3n) is 1.57. The molecule has 0 heterocycles. The number of para-hydroxylation sites is 1. The standard InChI is InChI=1S/C9H10O5/c1-12-6-4-3-5-7(13-2)8(6)14-9(10)11/h3-5H,1-2H3,(H,10,11). The van der Waals surface area contributed by atoms with Gasteiger partial charge in [0.25, 0.3) is 0 Å². The van der Waals surface area contributed by atoms with E-state index in [1.54, 1.807) is 18.2 Å². The van der Waals surface area contributed by atoms with E-state index in [2.05, 4.69) is 4.74 Å². The summed E-state index contributed by atoms with van der Waals surface area (Å²) >= 11 is 0. The van der Waals surface area contributed by atoms with E-state index >= 15 is 0 Å². The number of carboxylic acid groups (broad SMARTS) is 1. The summed E-state index contributed by atoms with van der Waals surface area (Å²) in [6, 6.07) is 4.84. The van der Waals surface area contributed by atoms with Crippen LogP contribution in [0.2, 0.25) is 0 Å². The molecule has 5 nitrogen and oxygen atoms in total. The third kappa shape index (κ3) is 2.07. The Balaban J connectivity index is 3.12. The van der Waals surface area contributed by atoms with Crippen molar-refractivity contribution in [3.05, 3.63) is 18.2 Å². The highest BCUT2D eigenvalue weighted by atomic mass is 16.7. The fourth-order valence-corrected chi connectivity index (χ4v) is 1.01. The molecule has 1 aromatic carbocycles. The molecule has 0 radical (unpaired) electrons. The third-order valence-corrected chi connectivity index (χ3v) is 1.57. The van der Waals surface area contributed by atoms with E-state index in [1.807, 2.05) is 0 Å². The molecule has 0 atom stereocenters. The van der Waals surface area contributed by atoms with Gasteiger partial charge in [-0.2, -0.15) is 0 Å². The zero-order valence-electron chi connectivity index (χ0n) is 7.81. The Labute approximate surface area is 80.8 Å². The van der Waals surface area contributed by atoms with E-state index in [0.29, 0.717) is 11.5 Å². The van der Waals surface area contributed by atoms with Crippen molar-refractivity contribution < 1.29 is 24.1 Å². The number of ether oxygens (including phenoxy) is 3. The van der Waals surface area contributed by atoms with Gasteiger partial charge >= 0.3 is 6.16 Å². The fraction of sp³-hybridized carbons (Fsp3) is 0.222. The van der Waals surface area contributed by atoms with Gasteiger partial charge in [-0.15, -0.1) is 0 Å². The van der Waals surface area contributed by atoms with E-state index in [-0.39, 0.29) is 5.75 Å². The lowest BCUT2D eigenvalue weighted by Gasteiger charge is -2.10. The van der Waals surface area contributed by atoms with E-state index in [9.17, 15) is 4.79 Å². The van der Waals surface area contributed by atoms with E-state index in [1.165, 1.54) is 14.2 Å². The molecule has 0 fully saturated rings. The first-order valence-corrected chi connectivity index (χ1v) is 3.80. The van der Waals surface area contributed by atoms with Crippen molar-refractivity contribution in [2.24, 2.45) is 0 Å². The maximum Gasteiger partial charge on any atom is 0.511 e. The molecular formula is C9H10O5. The molecule has 0 bridgehead atoms. The van der Waals surface area contributed by atoms with Crippen molar-refractivity contribution >= 4 is 6.16 Å². The molecule has 0 saturated heterocycles. The van der Waals surface area contributed by atoms with Crippen LogP contribution in [0.5, 0.6) is 17.2 Å². The van der Waals surface area contributed by atoms with Crippen LogP contribution in [0.3, 0.4) is 0 Å². The van der Waals surface area contributed by atoms with E-state index in [0.717, 1.165) is 0 Å². The van der Waals surface area contributed by atoms with Crippen LogP contribution in [0.15, 0.2) is 18.2 Å². The second-order valence-electron chi connectivity index (χ2n) is 2.36. The number of carbonyl (C=O) groups is 1. The lowest BCUT2D eigenvalue weighted by molar-refractivity contribution is 0.141. The van der Waals surface area contributed by atoms with Gasteiger partial charge in [-0.25, -0.2) is 4.79 Å². The first kappa shape index (κ1) is 10.2. The van der Waals surface area contributed by atoms with Crippen molar-refractivity contribution in [3.8, 4) is 17.2 Å². The molecular weight excluding hydrogens is 188 g/mol. The van der Waals surface area contributed by atoms with Crippen LogP contribution in [0.4, 0.5) is 4.79 Å². The highest BCUT2D eigenvalue weighted by molar-refractivity contribution is 5.65. The second-order valence-corrected chi connectivity index (χ2v) is 2.36. The fourth-order valence-electron chi connectivity index (χ4n) is 1.01. The van der Waals surface area contributed by atoms with Crippen molar-refractivity contribution in [3.63, 3.8) is 0 Å². The predicted molar refractivity (Wildman–Crippen MR) is 48.2 cm³/mol. The van der Waals surface area contributed by atoms with Gasteiger partial charge in [0.1, 0.15) is 0 Å². The molecule has 14 heavy (non-hydrogen) atoms. The molecule has 0 aliphatic carbocycles. The average molecular weight is 198 g/mol. The van der Waals surface area contributed by atoms with Gasteiger partial charge in [-0.05, 0) is 12.1 Å². The largest absolute Gasteiger partial charge is 0.511 e. The zero-order valence-corrected chi connectivity index (χ0v) is 7.81. The summed E-state index contributed by atoms with van der Waals surface area (Å²) in [5.74, 6) is 0.684. The predicted octanol–water partition coefficient (Wildman–Crippen LogP) is 1.76. The highest BCUT2D eigenvalue weighted by Gasteiger charge is 2.14. The van der Waals surface area contributed by atoms with Crippen LogP contribution in [0.1, 0.15) is 0 Å². The number of hydrogen-bond donors (Lipinski definition) is 1. The quantitative estimate of drug-likeness (QED) is 0.592. The molecule has 1 aromatic rings. The number of hydrogen-bond acceptors (Lipinski definition) is 4. The summed E-state index contributed by atoms with van der Waals surface area (Å²) in [5.41, 5.74) is 0. The Morgan fingerprint density at radius 1 is 1.21 bits per heavy atom. The highest BCUT2D eigenvalue weighted by Crippen LogP contribution is 2.36. The lowest BCUT2D eigenvalue weighted by atomic mass is 10.3. The van der Waals surface area contributed by atoms with Gasteiger partial charge in [0.05, 0.1) is 14.2 Å². The topological polar surface area (TPSA) is 65.0 Å². The molecule has 0 amide bonds. The van der Waals surface area contributed by atoms with Crippen LogP contribution < -0.4 is 14.2 Å². The summed E-state index contributed by atoms with van der Waals surface area (Å²) in [6.07, 6.45) is -1.41. The smallest absolute Gasteiger partial charge is 0.493 e.